The van der Waals surface area contributed by atoms with E-state index in [-0.39, 0.29) is 47.8 Å². The van der Waals surface area contributed by atoms with Crippen molar-refractivity contribution in [3.05, 3.63) is 11.6 Å². The van der Waals surface area contributed by atoms with Crippen LogP contribution in [0, 0.1) is 11.8 Å². The van der Waals surface area contributed by atoms with E-state index in [0.717, 1.165) is 0 Å². The van der Waals surface area contributed by atoms with Crippen LogP contribution in [0.1, 0.15) is 46.0 Å². The number of imide groups is 1. The van der Waals surface area contributed by atoms with Crippen LogP contribution in [-0.2, 0) is 19.2 Å². The Bertz CT molecular complexity index is 464. The van der Waals surface area contributed by atoms with Crippen LogP contribution in [0.3, 0.4) is 0 Å². The van der Waals surface area contributed by atoms with Gasteiger partial charge in [0.2, 0.25) is 11.8 Å². The molecule has 1 aliphatic heterocycles. The number of hydrogen-bond donors (Lipinski definition) is 2. The van der Waals surface area contributed by atoms with Crippen molar-refractivity contribution in [1.29, 1.82) is 0 Å². The van der Waals surface area contributed by atoms with Crippen molar-refractivity contribution in [2.24, 2.45) is 11.8 Å². The summed E-state index contributed by atoms with van der Waals surface area (Å²) in [5.41, 5.74) is 0.238. The Labute approximate surface area is 123 Å². The van der Waals surface area contributed by atoms with E-state index in [1.165, 1.54) is 6.92 Å². The number of allylic oxidation sites excluding steroid dienone is 1. The van der Waals surface area contributed by atoms with Crippen molar-refractivity contribution in [2.75, 3.05) is 0 Å². The number of aliphatic carboxylic acids is 1. The normalized spacial score (nSPS) is 18.3. The number of ketones is 1. The molecule has 6 nitrogen and oxygen atoms in total. The number of nitrogens with one attached hydrogen (secondary N) is 1. The quantitative estimate of drug-likeness (QED) is 0.547. The topological polar surface area (TPSA) is 101 Å². The maximum Gasteiger partial charge on any atom is 0.331 e. The second-order valence-electron chi connectivity index (χ2n) is 5.73. The van der Waals surface area contributed by atoms with Gasteiger partial charge in [-0.2, -0.15) is 0 Å². The molecule has 0 spiro atoms. The van der Waals surface area contributed by atoms with Gasteiger partial charge in [-0.25, -0.2) is 4.79 Å². The average Bonchev–Trinajstić information content (AvgIpc) is 2.31. The number of carboxylic acids is 1. The molecule has 1 saturated heterocycles. The number of carboxylic acid groups (broad SMARTS) is 1. The van der Waals surface area contributed by atoms with Gasteiger partial charge in [0.05, 0.1) is 0 Å². The lowest BCUT2D eigenvalue weighted by molar-refractivity contribution is -0.135. The van der Waals surface area contributed by atoms with Gasteiger partial charge in [-0.05, 0) is 31.6 Å². The first-order chi connectivity index (χ1) is 9.77. The molecule has 1 aliphatic rings. The molecule has 0 radical (unpaired) electrons. The Morgan fingerprint density at radius 3 is 2.33 bits per heavy atom. The van der Waals surface area contributed by atoms with Crippen molar-refractivity contribution in [1.82, 2.24) is 5.32 Å². The number of Topliss-reactive ketones (excluding diaryl/α,β-unsaturated/α-hetero) is 1. The molecule has 2 amide bonds. The van der Waals surface area contributed by atoms with Gasteiger partial charge in [-0.3, -0.25) is 14.9 Å². The lowest BCUT2D eigenvalue weighted by atomic mass is 9.90. The van der Waals surface area contributed by atoms with Crippen molar-refractivity contribution < 1.29 is 24.3 Å². The molecule has 2 N–H and O–H groups in total. The van der Waals surface area contributed by atoms with Crippen LogP contribution in [0.5, 0.6) is 0 Å². The fourth-order valence-electron chi connectivity index (χ4n) is 2.53. The third-order valence-electron chi connectivity index (χ3n) is 3.40. The van der Waals surface area contributed by atoms with Crippen molar-refractivity contribution in [3.63, 3.8) is 0 Å². The van der Waals surface area contributed by atoms with Gasteiger partial charge in [0.1, 0.15) is 5.78 Å². The van der Waals surface area contributed by atoms with E-state index in [0.29, 0.717) is 19.3 Å². The maximum atomic E-state index is 11.3. The van der Waals surface area contributed by atoms with Crippen molar-refractivity contribution in [3.8, 4) is 0 Å². The summed E-state index contributed by atoms with van der Waals surface area (Å²) >= 11 is 0. The van der Waals surface area contributed by atoms with Gasteiger partial charge in [0.25, 0.3) is 0 Å². The second-order valence-corrected chi connectivity index (χ2v) is 5.73. The van der Waals surface area contributed by atoms with E-state index < -0.39 is 5.97 Å². The zero-order valence-corrected chi connectivity index (χ0v) is 12.3. The first-order valence-corrected chi connectivity index (χ1v) is 7.02. The Morgan fingerprint density at radius 1 is 1.29 bits per heavy atom. The molecule has 0 aliphatic carbocycles. The van der Waals surface area contributed by atoms with Crippen LogP contribution in [0.15, 0.2) is 11.6 Å². The fraction of sp³-hybridized carbons (Fsp3) is 0.600. The highest BCUT2D eigenvalue weighted by Crippen LogP contribution is 2.22. The third-order valence-corrected chi connectivity index (χ3v) is 3.40. The van der Waals surface area contributed by atoms with E-state index in [9.17, 15) is 24.3 Å². The SMILES string of the molecule is CC(=O)CC(C)CC(=CCC1CC(=O)NC(=O)C1)C(=O)O. The molecule has 21 heavy (non-hydrogen) atoms. The standard InChI is InChI=1S/C15H21NO5/c1-9(5-10(2)17)6-12(15(20)21)4-3-11-7-13(18)16-14(19)8-11/h4,9,11H,3,5-8H2,1-2H3,(H,20,21)(H,16,18,19). The highest BCUT2D eigenvalue weighted by molar-refractivity contribution is 5.97. The summed E-state index contributed by atoms with van der Waals surface area (Å²) in [4.78, 5) is 44.8. The molecular weight excluding hydrogens is 274 g/mol. The van der Waals surface area contributed by atoms with Gasteiger partial charge in [-0.15, -0.1) is 0 Å². The first-order valence-electron chi connectivity index (χ1n) is 7.02. The smallest absolute Gasteiger partial charge is 0.331 e. The minimum Gasteiger partial charge on any atom is -0.478 e. The minimum absolute atomic E-state index is 0.0294. The van der Waals surface area contributed by atoms with E-state index in [1.807, 2.05) is 6.92 Å². The summed E-state index contributed by atoms with van der Waals surface area (Å²) in [5.74, 6) is -1.80. The second kappa shape index (κ2) is 7.71. The predicted octanol–water partition coefficient (Wildman–Crippen LogP) is 1.45. The first kappa shape index (κ1) is 17.1. The summed E-state index contributed by atoms with van der Waals surface area (Å²) < 4.78 is 0. The zero-order chi connectivity index (χ0) is 16.0. The molecular formula is C15H21NO5. The van der Waals surface area contributed by atoms with Gasteiger partial charge < -0.3 is 9.90 Å². The fourth-order valence-corrected chi connectivity index (χ4v) is 2.53. The van der Waals surface area contributed by atoms with E-state index in [4.69, 9.17) is 0 Å². The highest BCUT2D eigenvalue weighted by atomic mass is 16.4. The summed E-state index contributed by atoms with van der Waals surface area (Å²) in [7, 11) is 0. The number of hydrogen-bond acceptors (Lipinski definition) is 4. The van der Waals surface area contributed by atoms with Gasteiger partial charge in [0.15, 0.2) is 0 Å². The highest BCUT2D eigenvalue weighted by Gasteiger charge is 2.24. The van der Waals surface area contributed by atoms with Gasteiger partial charge in [0, 0.05) is 24.8 Å². The molecule has 0 bridgehead atoms. The monoisotopic (exact) mass is 295 g/mol. The molecule has 6 heteroatoms. The Morgan fingerprint density at radius 2 is 1.86 bits per heavy atom. The number of piperidine rings is 1. The van der Waals surface area contributed by atoms with E-state index in [2.05, 4.69) is 5.32 Å². The van der Waals surface area contributed by atoms with Crippen LogP contribution in [0.4, 0.5) is 0 Å². The molecule has 1 heterocycles. The Balaban J connectivity index is 2.63. The van der Waals surface area contributed by atoms with Crippen molar-refractivity contribution in [2.45, 2.75) is 46.0 Å². The van der Waals surface area contributed by atoms with Crippen LogP contribution >= 0.6 is 0 Å². The van der Waals surface area contributed by atoms with Crippen LogP contribution in [-0.4, -0.2) is 28.7 Å². The van der Waals surface area contributed by atoms with Crippen LogP contribution < -0.4 is 5.32 Å². The summed E-state index contributed by atoms with van der Waals surface area (Å²) in [6.07, 6.45) is 3.08. The molecule has 0 aromatic rings. The summed E-state index contributed by atoms with van der Waals surface area (Å²) in [6, 6.07) is 0. The molecule has 116 valence electrons. The van der Waals surface area contributed by atoms with E-state index >= 15 is 0 Å². The molecule has 0 saturated carbocycles. The van der Waals surface area contributed by atoms with Crippen molar-refractivity contribution >= 4 is 23.6 Å². The molecule has 1 atom stereocenters. The lowest BCUT2D eigenvalue weighted by Crippen LogP contribution is -2.38. The molecule has 0 aromatic carbocycles. The van der Waals surface area contributed by atoms with Gasteiger partial charge >= 0.3 is 5.97 Å². The lowest BCUT2D eigenvalue weighted by Gasteiger charge is -2.19. The summed E-state index contributed by atoms with van der Waals surface area (Å²) in [6.45, 7) is 3.31. The van der Waals surface area contributed by atoms with Gasteiger partial charge in [-0.1, -0.05) is 13.0 Å². The number of rotatable bonds is 7. The Kier molecular flexibility index (Phi) is 6.27. The summed E-state index contributed by atoms with van der Waals surface area (Å²) in [5, 5.41) is 11.4. The largest absolute Gasteiger partial charge is 0.478 e. The number of amides is 2. The third kappa shape index (κ3) is 6.33. The molecule has 1 fully saturated rings. The molecule has 0 aromatic heterocycles. The number of carbonyl (C=O) groups excluding carboxylic acids is 3. The number of carbonyl (C=O) groups is 4. The van der Waals surface area contributed by atoms with E-state index in [1.54, 1.807) is 6.08 Å². The average molecular weight is 295 g/mol. The minimum atomic E-state index is -1.02. The zero-order valence-electron chi connectivity index (χ0n) is 12.3. The molecule has 1 unspecified atom stereocenters. The molecule has 1 rings (SSSR count). The van der Waals surface area contributed by atoms with Crippen LogP contribution in [0.2, 0.25) is 0 Å². The maximum absolute atomic E-state index is 11.3. The van der Waals surface area contributed by atoms with Crippen LogP contribution in [0.25, 0.3) is 0 Å². The Hall–Kier alpha value is -1.98. The predicted molar refractivity (Wildman–Crippen MR) is 75.3 cm³/mol.